The second-order valence-corrected chi connectivity index (χ2v) is 15.3. The molecule has 1 aromatic heterocycles. The van der Waals surface area contributed by atoms with Gasteiger partial charge in [0.1, 0.15) is 35.5 Å². The van der Waals surface area contributed by atoms with Crippen LogP contribution in [0.4, 0.5) is 0 Å². The van der Waals surface area contributed by atoms with Crippen LogP contribution in [0.5, 0.6) is 11.5 Å². The molecule has 0 bridgehead atoms. The first-order valence-electron chi connectivity index (χ1n) is 20.7. The highest BCUT2D eigenvalue weighted by Gasteiger charge is 2.46. The Morgan fingerprint density at radius 2 is 1.65 bits per heavy atom. The summed E-state index contributed by atoms with van der Waals surface area (Å²) in [6.07, 6.45) is 8.41. The van der Waals surface area contributed by atoms with Crippen LogP contribution in [0.1, 0.15) is 64.6 Å². The van der Waals surface area contributed by atoms with Gasteiger partial charge < -0.3 is 38.2 Å². The lowest BCUT2D eigenvalue weighted by Crippen LogP contribution is -2.54. The van der Waals surface area contributed by atoms with Crippen molar-refractivity contribution in [2.75, 3.05) is 66.5 Å². The fourth-order valence-electron chi connectivity index (χ4n) is 7.66. The van der Waals surface area contributed by atoms with Crippen LogP contribution in [0.25, 0.3) is 22.1 Å². The molecule has 2 N–H and O–H groups in total. The molecular weight excluding hydrogens is 836 g/mol. The smallest absolute Gasteiger partial charge is 0.266 e. The molecule has 2 aliphatic carbocycles. The highest BCUT2D eigenvalue weighted by atomic mass is 35.5. The fourth-order valence-corrected chi connectivity index (χ4v) is 7.97. The maximum absolute atomic E-state index is 13.5. The van der Waals surface area contributed by atoms with E-state index in [0.717, 1.165) is 10.5 Å². The Labute approximate surface area is 368 Å². The molecular formula is C46H47ClN4O12. The van der Waals surface area contributed by atoms with Crippen molar-refractivity contribution in [1.29, 1.82) is 5.26 Å². The van der Waals surface area contributed by atoms with Crippen LogP contribution >= 0.6 is 11.6 Å². The number of allylic oxidation sites excluding steroid dienone is 4. The number of nitrogens with one attached hydrogen (secondary N) is 2. The summed E-state index contributed by atoms with van der Waals surface area (Å²) in [5.41, 5.74) is 3.05. The number of hydrogen-bond acceptors (Lipinski definition) is 14. The number of hydrogen-bond donors (Lipinski definition) is 2. The lowest BCUT2D eigenvalue weighted by Gasteiger charge is -2.27. The van der Waals surface area contributed by atoms with Crippen molar-refractivity contribution in [1.82, 2.24) is 15.5 Å². The van der Waals surface area contributed by atoms with Crippen molar-refractivity contribution in [3.05, 3.63) is 104 Å². The summed E-state index contributed by atoms with van der Waals surface area (Å²) in [5.74, 6) is -1.28. The molecule has 330 valence electrons. The maximum Gasteiger partial charge on any atom is 0.266 e. The Kier molecular flexibility index (Phi) is 15.0. The van der Waals surface area contributed by atoms with Gasteiger partial charge in [0, 0.05) is 52.8 Å². The molecule has 0 saturated carbocycles. The van der Waals surface area contributed by atoms with E-state index in [1.54, 1.807) is 30.3 Å². The van der Waals surface area contributed by atoms with Gasteiger partial charge in [-0.2, -0.15) is 5.26 Å². The molecule has 4 amide bonds. The molecule has 16 nitrogen and oxygen atoms in total. The molecule has 2 aromatic carbocycles. The molecule has 63 heavy (non-hydrogen) atoms. The third kappa shape index (κ3) is 10.5. The molecule has 2 aliphatic heterocycles. The zero-order valence-electron chi connectivity index (χ0n) is 34.9. The first-order chi connectivity index (χ1) is 30.6. The third-order valence-electron chi connectivity index (χ3n) is 10.7. The number of fused-ring (bicyclic) bond motifs is 2. The second kappa shape index (κ2) is 21.0. The van der Waals surface area contributed by atoms with Crippen LogP contribution in [0, 0.1) is 11.3 Å². The topological polar surface area (TPSA) is 205 Å². The van der Waals surface area contributed by atoms with E-state index in [0.29, 0.717) is 103 Å². The predicted octanol–water partition coefficient (Wildman–Crippen LogP) is 4.84. The largest absolute Gasteiger partial charge is 0.493 e. The Bertz CT molecular complexity index is 2500. The summed E-state index contributed by atoms with van der Waals surface area (Å²) in [6.45, 7) is 4.53. The van der Waals surface area contributed by atoms with Crippen molar-refractivity contribution in [2.45, 2.75) is 50.8 Å². The Balaban J connectivity index is 0.793. The van der Waals surface area contributed by atoms with Gasteiger partial charge in [-0.1, -0.05) is 29.8 Å². The van der Waals surface area contributed by atoms with Gasteiger partial charge in [-0.15, -0.1) is 0 Å². The molecule has 4 aliphatic rings. The summed E-state index contributed by atoms with van der Waals surface area (Å²) in [6, 6.07) is 10.7. The van der Waals surface area contributed by atoms with Crippen molar-refractivity contribution in [2.24, 2.45) is 0 Å². The standard InChI is InChI=1S/C46H47ClN4O12/c1-3-60-39-25-41-34(23-33(39)28-19-27(26-48)20-29(21-28)49-2)37(52)24-40(63-41)31-8-7-30(22-35(31)47)61-17-15-58-13-11-57-12-14-59-16-18-62-38-6-4-5-32-43(38)46(56)51(45(32)55)36-9-10-42(53)50-44(36)54/h4-6,8,19,21-25,29-30,36,49H,3,7,9-18,20H2,1-2H3,(H,50,53,54). The van der Waals surface area contributed by atoms with Crippen molar-refractivity contribution in [3.63, 3.8) is 0 Å². The molecule has 17 heteroatoms. The van der Waals surface area contributed by atoms with E-state index in [4.69, 9.17) is 44.4 Å². The average Bonchev–Trinajstić information content (AvgIpc) is 3.53. The van der Waals surface area contributed by atoms with Crippen molar-refractivity contribution >= 4 is 57.3 Å². The lowest BCUT2D eigenvalue weighted by molar-refractivity contribution is -0.136. The van der Waals surface area contributed by atoms with Crippen LogP contribution in [-0.4, -0.2) is 113 Å². The predicted molar refractivity (Wildman–Crippen MR) is 230 cm³/mol. The number of carbonyl (C=O) groups is 4. The summed E-state index contributed by atoms with van der Waals surface area (Å²) in [7, 11) is 1.84. The Morgan fingerprint density at radius 1 is 0.905 bits per heavy atom. The summed E-state index contributed by atoms with van der Waals surface area (Å²) in [5, 5.41) is 15.8. The zero-order chi connectivity index (χ0) is 44.5. The van der Waals surface area contributed by atoms with Gasteiger partial charge >= 0.3 is 0 Å². The van der Waals surface area contributed by atoms with E-state index < -0.39 is 29.7 Å². The van der Waals surface area contributed by atoms with E-state index in [2.05, 4.69) is 16.7 Å². The number of imide groups is 2. The second-order valence-electron chi connectivity index (χ2n) is 14.8. The minimum absolute atomic E-state index is 0.0300. The normalized spacial score (nSPS) is 19.8. The van der Waals surface area contributed by atoms with Gasteiger partial charge in [-0.3, -0.25) is 34.2 Å². The van der Waals surface area contributed by atoms with Crippen molar-refractivity contribution in [3.8, 4) is 17.6 Å². The van der Waals surface area contributed by atoms with Crippen LogP contribution in [0.15, 0.2) is 80.5 Å². The Morgan fingerprint density at radius 3 is 2.35 bits per heavy atom. The van der Waals surface area contributed by atoms with Crippen LogP contribution in [0.3, 0.4) is 0 Å². The SMILES string of the molecule is CCOc1cc2oc(C3=CCC(OCCOCCOCCOCCOc4cccc5c4C(=O)N(C4CCC(=O)NC4=O)C5=O)C=C3Cl)cc(=O)c2cc1C1=CC(NC)CC(C#N)=C1. The van der Waals surface area contributed by atoms with Gasteiger partial charge in [0.2, 0.25) is 11.8 Å². The van der Waals surface area contributed by atoms with E-state index in [1.165, 1.54) is 12.1 Å². The molecule has 7 rings (SSSR count). The van der Waals surface area contributed by atoms with Gasteiger partial charge in [-0.25, -0.2) is 0 Å². The molecule has 3 atom stereocenters. The number of rotatable bonds is 20. The average molecular weight is 883 g/mol. The number of carbonyl (C=O) groups excluding carboxylic acids is 4. The fraction of sp³-hybridized carbons (Fsp3) is 0.391. The maximum atomic E-state index is 13.5. The first kappa shape index (κ1) is 45.1. The molecule has 0 spiro atoms. The van der Waals surface area contributed by atoms with Gasteiger partial charge in [0.15, 0.2) is 5.43 Å². The number of piperidine rings is 1. The number of ether oxygens (including phenoxy) is 6. The summed E-state index contributed by atoms with van der Waals surface area (Å²) < 4.78 is 40.7. The van der Waals surface area contributed by atoms with E-state index in [9.17, 15) is 29.2 Å². The Hall–Kier alpha value is -5.93. The summed E-state index contributed by atoms with van der Waals surface area (Å²) >= 11 is 6.69. The molecule has 0 radical (unpaired) electrons. The number of benzene rings is 2. The minimum Gasteiger partial charge on any atom is -0.493 e. The number of nitriles is 1. The number of likely N-dealkylation sites (N-methyl/N-ethyl adjacent to an activating group) is 1. The van der Waals surface area contributed by atoms with Gasteiger partial charge in [0.25, 0.3) is 11.8 Å². The minimum atomic E-state index is -1.06. The van der Waals surface area contributed by atoms with Crippen LogP contribution in [0.2, 0.25) is 0 Å². The van der Waals surface area contributed by atoms with Crippen LogP contribution < -0.4 is 25.5 Å². The number of nitrogens with zero attached hydrogens (tertiary/aromatic N) is 2. The molecule has 1 saturated heterocycles. The zero-order valence-corrected chi connectivity index (χ0v) is 35.6. The van der Waals surface area contributed by atoms with E-state index >= 15 is 0 Å². The number of halogens is 1. The van der Waals surface area contributed by atoms with E-state index in [1.807, 2.05) is 32.2 Å². The molecule has 3 heterocycles. The highest BCUT2D eigenvalue weighted by Crippen LogP contribution is 2.38. The van der Waals surface area contributed by atoms with Gasteiger partial charge in [0.05, 0.1) is 81.5 Å². The van der Waals surface area contributed by atoms with Gasteiger partial charge in [-0.05, 0) is 62.7 Å². The van der Waals surface area contributed by atoms with Crippen LogP contribution in [-0.2, 0) is 28.5 Å². The monoisotopic (exact) mass is 882 g/mol. The van der Waals surface area contributed by atoms with Crippen molar-refractivity contribution < 1.29 is 52.0 Å². The first-order valence-corrected chi connectivity index (χ1v) is 21.1. The highest BCUT2D eigenvalue weighted by molar-refractivity contribution is 6.37. The summed E-state index contributed by atoms with van der Waals surface area (Å²) in [4.78, 5) is 64.5. The van der Waals surface area contributed by atoms with E-state index in [-0.39, 0.29) is 60.5 Å². The quantitative estimate of drug-likeness (QED) is 0.115. The molecule has 1 fully saturated rings. The molecule has 3 aromatic rings. The number of amides is 4. The molecule has 3 unspecified atom stereocenters. The lowest BCUT2D eigenvalue weighted by atomic mass is 9.91. The third-order valence-corrected chi connectivity index (χ3v) is 11.1.